The third-order valence-corrected chi connectivity index (χ3v) is 2.47. The normalized spacial score (nSPS) is 10.1. The quantitative estimate of drug-likeness (QED) is 0.624. The summed E-state index contributed by atoms with van der Waals surface area (Å²) in [5.74, 6) is 0. The lowest BCUT2D eigenvalue weighted by Gasteiger charge is -2.12. The monoisotopic (exact) mass is 207 g/mol. The fourth-order valence-corrected chi connectivity index (χ4v) is 1.54. The molecule has 1 rings (SSSR count). The van der Waals surface area contributed by atoms with Gasteiger partial charge >= 0.3 is 0 Å². The van der Waals surface area contributed by atoms with E-state index in [2.05, 4.69) is 41.1 Å². The van der Waals surface area contributed by atoms with Gasteiger partial charge in [0.1, 0.15) is 0 Å². The number of nitrogens with one attached hydrogen (secondary N) is 3. The molecule has 3 N–H and O–H groups in total. The van der Waals surface area contributed by atoms with Crippen LogP contribution in [-0.4, -0.2) is 27.2 Å². The van der Waals surface area contributed by atoms with E-state index in [0.717, 1.165) is 19.5 Å². The van der Waals surface area contributed by atoms with Crippen molar-refractivity contribution in [1.82, 2.24) is 5.32 Å². The molecule has 1 aromatic carbocycles. The summed E-state index contributed by atoms with van der Waals surface area (Å²) in [6.07, 6.45) is 1.05. The molecule has 0 heterocycles. The van der Waals surface area contributed by atoms with Crippen molar-refractivity contribution in [3.8, 4) is 0 Å². The number of hydrogen-bond acceptors (Lipinski definition) is 3. The summed E-state index contributed by atoms with van der Waals surface area (Å²) in [4.78, 5) is 0. The molecule has 1 aromatic rings. The van der Waals surface area contributed by atoms with Gasteiger partial charge in [-0.15, -0.1) is 0 Å². The van der Waals surface area contributed by atoms with E-state index in [1.165, 1.54) is 16.9 Å². The first-order chi connectivity index (χ1) is 7.31. The lowest BCUT2D eigenvalue weighted by Crippen LogP contribution is -2.18. The zero-order valence-corrected chi connectivity index (χ0v) is 9.85. The van der Waals surface area contributed by atoms with E-state index in [9.17, 15) is 0 Å². The molecule has 0 saturated carbocycles. The third kappa shape index (κ3) is 3.44. The molecule has 84 valence electrons. The molecule has 0 unspecified atom stereocenters. The molecule has 0 spiro atoms. The van der Waals surface area contributed by atoms with Gasteiger partial charge in [0.05, 0.1) is 0 Å². The first-order valence-corrected chi connectivity index (χ1v) is 5.51. The lowest BCUT2D eigenvalue weighted by molar-refractivity contribution is 0.823. The van der Waals surface area contributed by atoms with E-state index in [1.54, 1.807) is 0 Å². The number of likely N-dealkylation sites (N-methyl/N-ethyl adjacent to an activating group) is 1. The van der Waals surface area contributed by atoms with Gasteiger partial charge < -0.3 is 16.0 Å². The van der Waals surface area contributed by atoms with Crippen LogP contribution < -0.4 is 16.0 Å². The zero-order valence-electron chi connectivity index (χ0n) is 9.85. The minimum absolute atomic E-state index is 0.961. The second-order valence-electron chi connectivity index (χ2n) is 3.51. The Labute approximate surface area is 92.3 Å². The highest BCUT2D eigenvalue weighted by Crippen LogP contribution is 2.20. The Morgan fingerprint density at radius 2 is 1.93 bits per heavy atom. The standard InChI is InChI=1S/C12H21N3/c1-4-10-9-11(14-3)5-6-12(10)15-8-7-13-2/h5-6,9,13-15H,4,7-8H2,1-3H3. The van der Waals surface area contributed by atoms with Crippen LogP contribution in [0.4, 0.5) is 11.4 Å². The Kier molecular flexibility index (Phi) is 4.98. The largest absolute Gasteiger partial charge is 0.388 e. The van der Waals surface area contributed by atoms with E-state index in [0.29, 0.717) is 0 Å². The number of anilines is 2. The third-order valence-electron chi connectivity index (χ3n) is 2.47. The molecule has 3 nitrogen and oxygen atoms in total. The predicted octanol–water partition coefficient (Wildman–Crippen LogP) is 1.92. The smallest absolute Gasteiger partial charge is 0.0374 e. The molecule has 0 aliphatic rings. The maximum Gasteiger partial charge on any atom is 0.0374 e. The summed E-state index contributed by atoms with van der Waals surface area (Å²) in [6, 6.07) is 6.43. The number of benzene rings is 1. The van der Waals surface area contributed by atoms with Crippen LogP contribution >= 0.6 is 0 Å². The van der Waals surface area contributed by atoms with Crippen LogP contribution in [0.1, 0.15) is 12.5 Å². The van der Waals surface area contributed by atoms with Gasteiger partial charge in [-0.25, -0.2) is 0 Å². The van der Waals surface area contributed by atoms with E-state index in [-0.39, 0.29) is 0 Å². The Bertz CT molecular complexity index is 297. The topological polar surface area (TPSA) is 36.1 Å². The summed E-state index contributed by atoms with van der Waals surface area (Å²) >= 11 is 0. The van der Waals surface area contributed by atoms with Crippen LogP contribution in [0.3, 0.4) is 0 Å². The first kappa shape index (κ1) is 11.9. The highest BCUT2D eigenvalue weighted by molar-refractivity contribution is 5.59. The molecule has 0 aliphatic heterocycles. The summed E-state index contributed by atoms with van der Waals surface area (Å²) < 4.78 is 0. The van der Waals surface area contributed by atoms with Crippen LogP contribution in [0.2, 0.25) is 0 Å². The van der Waals surface area contributed by atoms with E-state index in [4.69, 9.17) is 0 Å². The highest BCUT2D eigenvalue weighted by Gasteiger charge is 2.00. The second-order valence-corrected chi connectivity index (χ2v) is 3.51. The minimum atomic E-state index is 0.961. The highest BCUT2D eigenvalue weighted by atomic mass is 14.9. The van der Waals surface area contributed by atoms with Gasteiger partial charge in [0.25, 0.3) is 0 Å². The number of aryl methyl sites for hydroxylation is 1. The van der Waals surface area contributed by atoms with Crippen LogP contribution in [0, 0.1) is 0 Å². The van der Waals surface area contributed by atoms with Crippen molar-refractivity contribution in [3.63, 3.8) is 0 Å². The molecular weight excluding hydrogens is 186 g/mol. The molecule has 3 heteroatoms. The van der Waals surface area contributed by atoms with Crippen molar-refractivity contribution in [2.45, 2.75) is 13.3 Å². The molecule has 0 fully saturated rings. The Hall–Kier alpha value is -1.22. The molecular formula is C12H21N3. The summed E-state index contributed by atoms with van der Waals surface area (Å²) in [5.41, 5.74) is 3.77. The van der Waals surface area contributed by atoms with E-state index >= 15 is 0 Å². The van der Waals surface area contributed by atoms with Gasteiger partial charge in [-0.05, 0) is 37.2 Å². The molecule has 0 saturated heterocycles. The average molecular weight is 207 g/mol. The lowest BCUT2D eigenvalue weighted by atomic mass is 10.1. The van der Waals surface area contributed by atoms with Crippen molar-refractivity contribution < 1.29 is 0 Å². The van der Waals surface area contributed by atoms with Crippen molar-refractivity contribution in [2.75, 3.05) is 37.8 Å². The number of hydrogen-bond donors (Lipinski definition) is 3. The summed E-state index contributed by atoms with van der Waals surface area (Å²) in [6.45, 7) is 4.12. The predicted molar refractivity (Wildman–Crippen MR) is 67.8 cm³/mol. The maximum absolute atomic E-state index is 3.43. The van der Waals surface area contributed by atoms with Gasteiger partial charge in [0, 0.05) is 31.5 Å². The van der Waals surface area contributed by atoms with Crippen molar-refractivity contribution in [2.24, 2.45) is 0 Å². The fourth-order valence-electron chi connectivity index (χ4n) is 1.54. The first-order valence-electron chi connectivity index (χ1n) is 5.51. The summed E-state index contributed by atoms with van der Waals surface area (Å²) in [5, 5.41) is 9.71. The molecule has 0 aliphatic carbocycles. The van der Waals surface area contributed by atoms with Crippen molar-refractivity contribution in [1.29, 1.82) is 0 Å². The van der Waals surface area contributed by atoms with Gasteiger partial charge in [0.15, 0.2) is 0 Å². The van der Waals surface area contributed by atoms with Gasteiger partial charge in [0.2, 0.25) is 0 Å². The molecule has 15 heavy (non-hydrogen) atoms. The Balaban J connectivity index is 2.69. The fraction of sp³-hybridized carbons (Fsp3) is 0.500. The van der Waals surface area contributed by atoms with E-state index in [1.807, 2.05) is 14.1 Å². The molecule has 0 aromatic heterocycles. The number of rotatable bonds is 6. The van der Waals surface area contributed by atoms with Crippen LogP contribution in [-0.2, 0) is 6.42 Å². The van der Waals surface area contributed by atoms with Crippen LogP contribution in [0.5, 0.6) is 0 Å². The van der Waals surface area contributed by atoms with Gasteiger partial charge in [-0.3, -0.25) is 0 Å². The van der Waals surface area contributed by atoms with Crippen molar-refractivity contribution in [3.05, 3.63) is 23.8 Å². The molecule has 0 bridgehead atoms. The molecule has 0 amide bonds. The van der Waals surface area contributed by atoms with Gasteiger partial charge in [-0.2, -0.15) is 0 Å². The average Bonchev–Trinajstić information content (AvgIpc) is 2.29. The van der Waals surface area contributed by atoms with Crippen molar-refractivity contribution >= 4 is 11.4 Å². The zero-order chi connectivity index (χ0) is 11.1. The minimum Gasteiger partial charge on any atom is -0.388 e. The van der Waals surface area contributed by atoms with E-state index < -0.39 is 0 Å². The Morgan fingerprint density at radius 1 is 1.13 bits per heavy atom. The van der Waals surface area contributed by atoms with Crippen LogP contribution in [0.15, 0.2) is 18.2 Å². The maximum atomic E-state index is 3.43. The molecule has 0 radical (unpaired) electrons. The summed E-state index contributed by atoms with van der Waals surface area (Å²) in [7, 11) is 3.91. The van der Waals surface area contributed by atoms with Crippen LogP contribution in [0.25, 0.3) is 0 Å². The van der Waals surface area contributed by atoms with Gasteiger partial charge in [-0.1, -0.05) is 6.92 Å². The molecule has 0 atom stereocenters. The Morgan fingerprint density at radius 3 is 2.53 bits per heavy atom. The SMILES string of the molecule is CCc1cc(NC)ccc1NCCNC. The second kappa shape index (κ2) is 6.30.